The van der Waals surface area contributed by atoms with E-state index in [-0.39, 0.29) is 0 Å². The molecule has 51 heavy (non-hydrogen) atoms. The summed E-state index contributed by atoms with van der Waals surface area (Å²) in [5.41, 5.74) is 7.72. The number of hydrogen-bond donors (Lipinski definition) is 0. The predicted octanol–water partition coefficient (Wildman–Crippen LogP) is 12.9. The highest BCUT2D eigenvalue weighted by atomic mass is 32.1. The molecule has 4 heteroatoms. The molecule has 10 rings (SSSR count). The molecule has 0 amide bonds. The quantitative estimate of drug-likeness (QED) is 0.183. The van der Waals surface area contributed by atoms with Crippen LogP contribution in [0.25, 0.3) is 98.1 Å². The smallest absolute Gasteiger partial charge is 0.164 e. The fourth-order valence-corrected chi connectivity index (χ4v) is 8.26. The lowest BCUT2D eigenvalue weighted by Crippen LogP contribution is -2.00. The Morgan fingerprint density at radius 2 is 0.765 bits per heavy atom. The molecule has 0 unspecified atom stereocenters. The third kappa shape index (κ3) is 5.34. The van der Waals surface area contributed by atoms with Crippen molar-refractivity contribution in [3.05, 3.63) is 176 Å². The van der Waals surface area contributed by atoms with Crippen molar-refractivity contribution in [2.45, 2.75) is 0 Å². The second kappa shape index (κ2) is 12.1. The van der Waals surface area contributed by atoms with Gasteiger partial charge in [0.05, 0.1) is 0 Å². The molecule has 0 spiro atoms. The molecule has 2 heterocycles. The lowest BCUT2D eigenvalue weighted by Gasteiger charge is -2.13. The van der Waals surface area contributed by atoms with Gasteiger partial charge in [-0.2, -0.15) is 0 Å². The summed E-state index contributed by atoms with van der Waals surface area (Å²) in [6, 6.07) is 62.4. The molecular formula is C47H29N3S. The van der Waals surface area contributed by atoms with Crippen molar-refractivity contribution in [1.29, 1.82) is 0 Å². The Morgan fingerprint density at radius 1 is 0.294 bits per heavy atom. The second-order valence-electron chi connectivity index (χ2n) is 12.9. The third-order valence-corrected chi connectivity index (χ3v) is 10.8. The Morgan fingerprint density at radius 3 is 1.49 bits per heavy atom. The van der Waals surface area contributed by atoms with E-state index in [1.165, 1.54) is 53.2 Å². The zero-order valence-electron chi connectivity index (χ0n) is 27.5. The van der Waals surface area contributed by atoms with Crippen LogP contribution in [0.15, 0.2) is 176 Å². The number of aromatic nitrogens is 3. The van der Waals surface area contributed by atoms with Gasteiger partial charge < -0.3 is 0 Å². The Bertz CT molecular complexity index is 2930. The van der Waals surface area contributed by atoms with Gasteiger partial charge in [0.15, 0.2) is 17.5 Å². The summed E-state index contributed by atoms with van der Waals surface area (Å²) in [4.78, 5) is 15.1. The first kappa shape index (κ1) is 29.4. The van der Waals surface area contributed by atoms with Crippen molar-refractivity contribution in [3.8, 4) is 56.4 Å². The maximum Gasteiger partial charge on any atom is 0.164 e. The highest BCUT2D eigenvalue weighted by Crippen LogP contribution is 2.38. The van der Waals surface area contributed by atoms with Gasteiger partial charge in [-0.1, -0.05) is 146 Å². The van der Waals surface area contributed by atoms with Crippen LogP contribution < -0.4 is 0 Å². The number of nitrogens with zero attached hydrogens (tertiary/aromatic N) is 3. The SMILES string of the molecule is c1ccc(-c2nc(-c3ccc4cc(-c5ccccc5-c5ccc6ccccc6c5)ccc4c3)nc(-c3ccc4c(c3)sc3ccccc34)n2)cc1. The van der Waals surface area contributed by atoms with Crippen LogP contribution in [0.4, 0.5) is 0 Å². The Hall–Kier alpha value is -6.49. The van der Waals surface area contributed by atoms with Crippen LogP contribution in [0.5, 0.6) is 0 Å². The lowest BCUT2D eigenvalue weighted by molar-refractivity contribution is 1.08. The van der Waals surface area contributed by atoms with Gasteiger partial charge in [0, 0.05) is 36.9 Å². The van der Waals surface area contributed by atoms with E-state index in [1.807, 2.05) is 18.2 Å². The molecular weight excluding hydrogens is 639 g/mol. The molecule has 0 fully saturated rings. The molecule has 0 aliphatic rings. The molecule has 0 radical (unpaired) electrons. The average molecular weight is 668 g/mol. The van der Waals surface area contributed by atoms with Crippen molar-refractivity contribution < 1.29 is 0 Å². The fraction of sp³-hybridized carbons (Fsp3) is 0. The molecule has 3 nitrogen and oxygen atoms in total. The van der Waals surface area contributed by atoms with Gasteiger partial charge in [-0.3, -0.25) is 0 Å². The summed E-state index contributed by atoms with van der Waals surface area (Å²) < 4.78 is 2.50. The zero-order valence-corrected chi connectivity index (χ0v) is 28.3. The van der Waals surface area contributed by atoms with E-state index in [1.54, 1.807) is 11.3 Å². The van der Waals surface area contributed by atoms with Gasteiger partial charge in [0.25, 0.3) is 0 Å². The number of benzene rings is 8. The number of hydrogen-bond acceptors (Lipinski definition) is 4. The zero-order chi connectivity index (χ0) is 33.7. The maximum atomic E-state index is 5.08. The van der Waals surface area contributed by atoms with Crippen LogP contribution >= 0.6 is 11.3 Å². The molecule has 0 aliphatic heterocycles. The van der Waals surface area contributed by atoms with E-state index < -0.39 is 0 Å². The Labute approximate surface area is 299 Å². The minimum atomic E-state index is 0.655. The van der Waals surface area contributed by atoms with Crippen molar-refractivity contribution in [3.63, 3.8) is 0 Å². The first-order valence-electron chi connectivity index (χ1n) is 17.1. The third-order valence-electron chi connectivity index (χ3n) is 9.70. The standard InChI is InChI=1S/C47H29N3S/c1-2-11-31(12-3-1)45-48-46(50-47(49-45)38-24-25-42-41-16-8-9-17-43(41)51-44(42)29-38)37-23-20-33-27-36(22-19-34(33)28-37)40-15-7-6-14-39(40)35-21-18-30-10-4-5-13-32(30)26-35/h1-29H. The van der Waals surface area contributed by atoms with E-state index in [4.69, 9.17) is 15.0 Å². The highest BCUT2D eigenvalue weighted by molar-refractivity contribution is 7.25. The van der Waals surface area contributed by atoms with Gasteiger partial charge in [0.1, 0.15) is 0 Å². The first-order chi connectivity index (χ1) is 25.2. The number of rotatable bonds is 5. The fourth-order valence-electron chi connectivity index (χ4n) is 7.11. The van der Waals surface area contributed by atoms with Crippen LogP contribution in [0.2, 0.25) is 0 Å². The molecule has 0 atom stereocenters. The van der Waals surface area contributed by atoms with E-state index >= 15 is 0 Å². The van der Waals surface area contributed by atoms with Crippen molar-refractivity contribution in [2.75, 3.05) is 0 Å². The van der Waals surface area contributed by atoms with Crippen LogP contribution in [0.1, 0.15) is 0 Å². The van der Waals surface area contributed by atoms with Crippen LogP contribution in [0.3, 0.4) is 0 Å². The molecule has 8 aromatic carbocycles. The Balaban J connectivity index is 1.06. The molecule has 0 bridgehead atoms. The summed E-state index contributed by atoms with van der Waals surface area (Å²) in [6.45, 7) is 0. The Kier molecular flexibility index (Phi) is 7.00. The lowest BCUT2D eigenvalue weighted by atomic mass is 9.92. The van der Waals surface area contributed by atoms with Gasteiger partial charge in [0.2, 0.25) is 0 Å². The van der Waals surface area contributed by atoms with Crippen LogP contribution in [-0.4, -0.2) is 15.0 Å². The number of thiophene rings is 1. The van der Waals surface area contributed by atoms with E-state index in [0.29, 0.717) is 17.5 Å². The maximum absolute atomic E-state index is 5.08. The topological polar surface area (TPSA) is 38.7 Å². The summed E-state index contributed by atoms with van der Waals surface area (Å²) in [6.07, 6.45) is 0. The summed E-state index contributed by atoms with van der Waals surface area (Å²) >= 11 is 1.80. The first-order valence-corrected chi connectivity index (χ1v) is 17.9. The molecule has 238 valence electrons. The predicted molar refractivity (Wildman–Crippen MR) is 215 cm³/mol. The minimum absolute atomic E-state index is 0.655. The molecule has 2 aromatic heterocycles. The van der Waals surface area contributed by atoms with Gasteiger partial charge in [-0.05, 0) is 74.1 Å². The normalized spacial score (nSPS) is 11.5. The van der Waals surface area contributed by atoms with E-state index in [2.05, 4.69) is 158 Å². The average Bonchev–Trinajstić information content (AvgIpc) is 3.58. The molecule has 0 N–H and O–H groups in total. The van der Waals surface area contributed by atoms with Crippen molar-refractivity contribution >= 4 is 53.1 Å². The monoisotopic (exact) mass is 667 g/mol. The molecule has 0 aliphatic carbocycles. The van der Waals surface area contributed by atoms with Crippen LogP contribution in [-0.2, 0) is 0 Å². The summed E-state index contributed by atoms with van der Waals surface area (Å²) in [5.74, 6) is 1.98. The van der Waals surface area contributed by atoms with Crippen LogP contribution in [0, 0.1) is 0 Å². The molecule has 0 saturated carbocycles. The summed E-state index contributed by atoms with van der Waals surface area (Å²) in [7, 11) is 0. The largest absolute Gasteiger partial charge is 0.208 e. The van der Waals surface area contributed by atoms with E-state index in [0.717, 1.165) is 27.5 Å². The van der Waals surface area contributed by atoms with Gasteiger partial charge in [-0.25, -0.2) is 15.0 Å². The minimum Gasteiger partial charge on any atom is -0.208 e. The molecule has 0 saturated heterocycles. The van der Waals surface area contributed by atoms with Gasteiger partial charge >= 0.3 is 0 Å². The molecule has 10 aromatic rings. The van der Waals surface area contributed by atoms with E-state index in [9.17, 15) is 0 Å². The van der Waals surface area contributed by atoms with Crippen molar-refractivity contribution in [1.82, 2.24) is 15.0 Å². The van der Waals surface area contributed by atoms with Gasteiger partial charge in [-0.15, -0.1) is 11.3 Å². The summed E-state index contributed by atoms with van der Waals surface area (Å²) in [5, 5.41) is 7.33. The second-order valence-corrected chi connectivity index (χ2v) is 13.9. The highest BCUT2D eigenvalue weighted by Gasteiger charge is 2.15. The van der Waals surface area contributed by atoms with Crippen molar-refractivity contribution in [2.24, 2.45) is 0 Å². The number of fused-ring (bicyclic) bond motifs is 5.